The standard InChI is InChI=1S/C62H80N2S/c1-40-37-45(33-34-46(40)41-17-5-3-6-18-41)64(44-21-7-4-8-22-44)61(2)36-35-49-48-23-9-11-28-53(48)62(56(49)39-61)54-29-12-10-24-52(54)59-47(25-14-30-55(59)62)42-19-13-20-43(38-42)63-57-31-15-27-51-50-26-16-32-58(50)65-60(51)57/h4,7-8,10-12,14,17,19,21,24,27-30,40,43-49,53,55-57,59-60,63H,3,5-6,9,13,15-16,18,20,22-23,25-26,31-39H2,1-2H3/t40?,43?,44?,45?,46?,47?,48?,49?,53?,55?,56?,57-,59?,60?,61?,62?/m0/s1. The van der Waals surface area contributed by atoms with Crippen LogP contribution in [0.3, 0.4) is 0 Å². The molecule has 0 aromatic heterocycles. The number of nitrogens with zero attached hydrogens (tertiary/aromatic N) is 1. The van der Waals surface area contributed by atoms with Crippen LogP contribution in [0.5, 0.6) is 0 Å². The van der Waals surface area contributed by atoms with Crippen molar-refractivity contribution in [3.05, 3.63) is 129 Å². The van der Waals surface area contributed by atoms with E-state index in [1.165, 1.54) is 141 Å². The number of hydrogen-bond acceptors (Lipinski definition) is 3. The van der Waals surface area contributed by atoms with Crippen LogP contribution in [0.2, 0.25) is 0 Å². The fourth-order valence-electron chi connectivity index (χ4n) is 18.9. The quantitative estimate of drug-likeness (QED) is 0.275. The zero-order valence-electron chi connectivity index (χ0n) is 40.2. The molecule has 344 valence electrons. The lowest BCUT2D eigenvalue weighted by molar-refractivity contribution is -0.0555. The van der Waals surface area contributed by atoms with E-state index < -0.39 is 0 Å². The Labute approximate surface area is 398 Å². The lowest BCUT2D eigenvalue weighted by atomic mass is 9.54. The Morgan fingerprint density at radius 3 is 2.54 bits per heavy atom. The SMILES string of the molecule is CC1CC(N(C2C=CC=CC2)C2(C)CCC3C4CCC=CC4C4(c5ccccc5C5C(C6=CCCC(N[C@H]7CCC=C8C9=C(CCC9)SC87)C6)CC=CC54)C3C2)CCC1C1=CCCCC1. The summed E-state index contributed by atoms with van der Waals surface area (Å²) >= 11 is 2.26. The summed E-state index contributed by atoms with van der Waals surface area (Å²) in [5.74, 6) is 6.41. The minimum atomic E-state index is 0.182. The molecule has 15 unspecified atom stereocenters. The Balaban J connectivity index is 0.820. The van der Waals surface area contributed by atoms with Gasteiger partial charge in [0.1, 0.15) is 0 Å². The molecule has 1 N–H and O–H groups in total. The van der Waals surface area contributed by atoms with Crippen molar-refractivity contribution >= 4 is 11.8 Å². The molecule has 12 aliphatic rings. The lowest BCUT2D eigenvalue weighted by Gasteiger charge is -2.58. The number of fused-ring (bicyclic) bond motifs is 12. The molecule has 1 heterocycles. The van der Waals surface area contributed by atoms with E-state index >= 15 is 0 Å². The van der Waals surface area contributed by atoms with Gasteiger partial charge in [0, 0.05) is 40.4 Å². The smallest absolute Gasteiger partial charge is 0.0494 e. The Hall–Kier alpha value is -2.59. The molecule has 1 aliphatic heterocycles. The van der Waals surface area contributed by atoms with E-state index in [2.05, 4.69) is 127 Å². The van der Waals surface area contributed by atoms with Gasteiger partial charge in [-0.15, -0.1) is 11.8 Å². The Bertz CT molecular complexity index is 2270. The molecule has 13 rings (SSSR count). The topological polar surface area (TPSA) is 15.3 Å². The van der Waals surface area contributed by atoms with Crippen LogP contribution in [0.4, 0.5) is 0 Å². The molecular formula is C62H80N2S. The molecule has 11 aliphatic carbocycles. The molecule has 3 heteroatoms. The van der Waals surface area contributed by atoms with Gasteiger partial charge in [-0.25, -0.2) is 0 Å². The van der Waals surface area contributed by atoms with E-state index in [4.69, 9.17) is 0 Å². The first-order valence-corrected chi connectivity index (χ1v) is 28.6. The molecule has 1 aromatic carbocycles. The first-order valence-electron chi connectivity index (χ1n) is 27.8. The minimum absolute atomic E-state index is 0.182. The van der Waals surface area contributed by atoms with Gasteiger partial charge in [-0.3, -0.25) is 4.90 Å². The largest absolute Gasteiger partial charge is 0.309 e. The summed E-state index contributed by atoms with van der Waals surface area (Å²) in [6.07, 6.45) is 58.3. The molecular weight excluding hydrogens is 805 g/mol. The van der Waals surface area contributed by atoms with Crippen molar-refractivity contribution in [2.45, 2.75) is 201 Å². The molecule has 3 saturated carbocycles. The summed E-state index contributed by atoms with van der Waals surface area (Å²) in [5, 5.41) is 5.08. The van der Waals surface area contributed by atoms with E-state index in [0.717, 1.165) is 23.7 Å². The van der Waals surface area contributed by atoms with Crippen molar-refractivity contribution in [1.29, 1.82) is 0 Å². The maximum Gasteiger partial charge on any atom is 0.0494 e. The highest BCUT2D eigenvalue weighted by Gasteiger charge is 2.70. The predicted molar refractivity (Wildman–Crippen MR) is 274 cm³/mol. The van der Waals surface area contributed by atoms with Crippen LogP contribution in [0.15, 0.2) is 118 Å². The van der Waals surface area contributed by atoms with Gasteiger partial charge in [-0.1, -0.05) is 109 Å². The van der Waals surface area contributed by atoms with E-state index in [0.29, 0.717) is 59.0 Å². The van der Waals surface area contributed by atoms with Crippen LogP contribution in [0.1, 0.15) is 172 Å². The second-order valence-corrected chi connectivity index (χ2v) is 25.4. The number of rotatable bonds is 7. The molecule has 0 radical (unpaired) electrons. The molecule has 0 saturated heterocycles. The Morgan fingerprint density at radius 1 is 0.738 bits per heavy atom. The minimum Gasteiger partial charge on any atom is -0.309 e. The first-order chi connectivity index (χ1) is 32.0. The average Bonchev–Trinajstić information content (AvgIpc) is 4.10. The van der Waals surface area contributed by atoms with Gasteiger partial charge in [0.2, 0.25) is 0 Å². The Kier molecular flexibility index (Phi) is 11.2. The summed E-state index contributed by atoms with van der Waals surface area (Å²) < 4.78 is 0. The van der Waals surface area contributed by atoms with Crippen LogP contribution in [0, 0.1) is 47.3 Å². The fourth-order valence-corrected chi connectivity index (χ4v) is 20.6. The molecule has 16 atom stereocenters. The van der Waals surface area contributed by atoms with Gasteiger partial charge in [0.05, 0.1) is 0 Å². The van der Waals surface area contributed by atoms with Crippen LogP contribution in [0.25, 0.3) is 0 Å². The fraction of sp³-hybridized carbons (Fsp3) is 0.645. The first kappa shape index (κ1) is 42.5. The van der Waals surface area contributed by atoms with E-state index in [9.17, 15) is 0 Å². The van der Waals surface area contributed by atoms with Gasteiger partial charge in [0.25, 0.3) is 0 Å². The molecule has 3 fully saturated rings. The van der Waals surface area contributed by atoms with Crippen LogP contribution in [-0.2, 0) is 5.41 Å². The van der Waals surface area contributed by atoms with Crippen molar-refractivity contribution in [2.24, 2.45) is 47.3 Å². The van der Waals surface area contributed by atoms with E-state index in [1.54, 1.807) is 27.2 Å². The molecule has 2 nitrogen and oxygen atoms in total. The van der Waals surface area contributed by atoms with Gasteiger partial charge >= 0.3 is 0 Å². The van der Waals surface area contributed by atoms with Crippen molar-refractivity contribution in [2.75, 3.05) is 0 Å². The highest BCUT2D eigenvalue weighted by Crippen LogP contribution is 2.74. The second kappa shape index (κ2) is 17.1. The van der Waals surface area contributed by atoms with Crippen molar-refractivity contribution in [3.63, 3.8) is 0 Å². The van der Waals surface area contributed by atoms with E-state index in [1.807, 2.05) is 11.1 Å². The van der Waals surface area contributed by atoms with Crippen molar-refractivity contribution in [1.82, 2.24) is 10.2 Å². The third-order valence-electron chi connectivity index (χ3n) is 21.2. The summed E-state index contributed by atoms with van der Waals surface area (Å²) in [5.41, 5.74) is 11.1. The van der Waals surface area contributed by atoms with E-state index in [-0.39, 0.29) is 11.0 Å². The number of benzene rings is 1. The maximum atomic E-state index is 4.41. The number of hydrogen-bond donors (Lipinski definition) is 1. The summed E-state index contributed by atoms with van der Waals surface area (Å²) in [6, 6.07) is 12.7. The van der Waals surface area contributed by atoms with Gasteiger partial charge < -0.3 is 5.32 Å². The average molecular weight is 885 g/mol. The third kappa shape index (κ3) is 6.89. The second-order valence-electron chi connectivity index (χ2n) is 24.2. The predicted octanol–water partition coefficient (Wildman–Crippen LogP) is 15.2. The molecule has 1 aromatic rings. The Morgan fingerprint density at radius 2 is 1.65 bits per heavy atom. The van der Waals surface area contributed by atoms with Crippen LogP contribution in [-0.4, -0.2) is 39.9 Å². The third-order valence-corrected chi connectivity index (χ3v) is 22.7. The maximum absolute atomic E-state index is 4.41. The van der Waals surface area contributed by atoms with Gasteiger partial charge in [-0.05, 0) is 229 Å². The molecule has 0 bridgehead atoms. The van der Waals surface area contributed by atoms with Crippen molar-refractivity contribution < 1.29 is 0 Å². The van der Waals surface area contributed by atoms with Gasteiger partial charge in [0.15, 0.2) is 0 Å². The molecule has 0 amide bonds. The normalized spacial score (nSPS) is 44.9. The van der Waals surface area contributed by atoms with Crippen LogP contribution < -0.4 is 5.32 Å². The highest BCUT2D eigenvalue weighted by molar-refractivity contribution is 8.04. The number of thioether (sulfide) groups is 1. The lowest BCUT2D eigenvalue weighted by Crippen LogP contribution is -2.61. The molecule has 65 heavy (non-hydrogen) atoms. The van der Waals surface area contributed by atoms with Gasteiger partial charge in [-0.2, -0.15) is 0 Å². The summed E-state index contributed by atoms with van der Waals surface area (Å²) in [7, 11) is 0. The zero-order chi connectivity index (χ0) is 43.3. The zero-order valence-corrected chi connectivity index (χ0v) is 41.0. The highest BCUT2D eigenvalue weighted by atomic mass is 32.2. The molecule has 1 spiro atoms. The monoisotopic (exact) mass is 885 g/mol. The van der Waals surface area contributed by atoms with Crippen LogP contribution >= 0.6 is 11.8 Å². The summed E-state index contributed by atoms with van der Waals surface area (Å²) in [4.78, 5) is 4.98. The summed E-state index contributed by atoms with van der Waals surface area (Å²) in [6.45, 7) is 5.45. The number of allylic oxidation sites excluding steroid dienone is 12. The van der Waals surface area contributed by atoms with Crippen molar-refractivity contribution in [3.8, 4) is 0 Å². The number of nitrogens with one attached hydrogen (secondary N) is 1.